The maximum atomic E-state index is 3.63. The van der Waals surface area contributed by atoms with Crippen LogP contribution < -0.4 is 37.2 Å². The second kappa shape index (κ2) is 15.6. The van der Waals surface area contributed by atoms with Gasteiger partial charge in [-0.1, -0.05) is 135 Å². The molecule has 0 aliphatic heterocycles. The molecule has 4 heteroatoms. The molecule has 0 N–H and O–H groups in total. The molecule has 0 nitrogen and oxygen atoms in total. The number of unbranched alkanes of at least 4 members (excludes halogenated alkanes) is 1. The molecular weight excluding hydrogens is 503 g/mol. The van der Waals surface area contributed by atoms with Gasteiger partial charge in [-0.05, 0) is 17.4 Å². The van der Waals surface area contributed by atoms with Gasteiger partial charge in [0, 0.05) is 0 Å². The Morgan fingerprint density at radius 2 is 1.21 bits per heavy atom. The van der Waals surface area contributed by atoms with Crippen molar-refractivity contribution < 1.29 is 58.9 Å². The fraction of sp³-hybridized carbons (Fsp3) is 0.241. The minimum Gasteiger partial charge on any atom is -1.00 e. The zero-order valence-electron chi connectivity index (χ0n) is 18.9. The van der Waals surface area contributed by atoms with Crippen LogP contribution in [0.3, 0.4) is 0 Å². The minimum atomic E-state index is -0.0946. The molecule has 0 saturated heterocycles. The molecule has 1 aliphatic rings. The summed E-state index contributed by atoms with van der Waals surface area (Å²) >= 11 is 0. The number of hydrogen-bond donors (Lipinski definition) is 0. The quantitative estimate of drug-likeness (QED) is 0.245. The van der Waals surface area contributed by atoms with Gasteiger partial charge in [0.15, 0.2) is 0 Å². The number of allylic oxidation sites excluding steroid dienone is 4. The zero-order valence-corrected chi connectivity index (χ0v) is 22.7. The van der Waals surface area contributed by atoms with Gasteiger partial charge in [-0.3, -0.25) is 6.08 Å². The number of benzene rings is 3. The van der Waals surface area contributed by atoms with Crippen LogP contribution in [0.25, 0.3) is 0 Å². The molecule has 1 aliphatic carbocycles. The van der Waals surface area contributed by atoms with Gasteiger partial charge in [0.2, 0.25) is 0 Å². The first kappa shape index (κ1) is 31.7. The monoisotopic (exact) mass is 530 g/mol. The van der Waals surface area contributed by atoms with Gasteiger partial charge in [-0.15, -0.1) is 0 Å². The number of rotatable bonds is 8. The van der Waals surface area contributed by atoms with Crippen molar-refractivity contribution in [2.24, 2.45) is 0 Å². The normalized spacial score (nSPS) is 12.2. The molecule has 0 amide bonds. The van der Waals surface area contributed by atoms with E-state index < -0.39 is 0 Å². The van der Waals surface area contributed by atoms with E-state index in [-0.39, 0.29) is 64.4 Å². The largest absolute Gasteiger partial charge is 4.00 e. The first-order chi connectivity index (χ1) is 14.3. The van der Waals surface area contributed by atoms with Gasteiger partial charge in [0.05, 0.1) is 0 Å². The second-order valence-corrected chi connectivity index (χ2v) is 7.91. The van der Waals surface area contributed by atoms with E-state index in [1.165, 1.54) is 40.7 Å². The summed E-state index contributed by atoms with van der Waals surface area (Å²) in [5.41, 5.74) is 6.94. The van der Waals surface area contributed by atoms with Crippen molar-refractivity contribution in [1.82, 2.24) is 0 Å². The van der Waals surface area contributed by atoms with E-state index in [9.17, 15) is 0 Å². The summed E-state index contributed by atoms with van der Waals surface area (Å²) < 4.78 is 0. The van der Waals surface area contributed by atoms with E-state index >= 15 is 0 Å². The Bertz CT molecular complexity index is 944. The van der Waals surface area contributed by atoms with Crippen LogP contribution in [0.15, 0.2) is 108 Å². The Morgan fingerprint density at radius 1 is 0.727 bits per heavy atom. The summed E-state index contributed by atoms with van der Waals surface area (Å²) in [4.78, 5) is 0. The van der Waals surface area contributed by atoms with Gasteiger partial charge in [-0.2, -0.15) is 11.6 Å². The van der Waals surface area contributed by atoms with Crippen molar-refractivity contribution in [3.63, 3.8) is 0 Å². The first-order valence-electron chi connectivity index (χ1n) is 10.8. The van der Waals surface area contributed by atoms with E-state index in [1.54, 1.807) is 0 Å². The van der Waals surface area contributed by atoms with Crippen LogP contribution in [0.4, 0.5) is 0 Å². The van der Waals surface area contributed by atoms with Crippen LogP contribution in [0, 0.1) is 6.08 Å². The molecule has 0 atom stereocenters. The van der Waals surface area contributed by atoms with Gasteiger partial charge in [0.25, 0.3) is 0 Å². The predicted octanol–water partition coefficient (Wildman–Crippen LogP) is -1.53. The van der Waals surface area contributed by atoms with Crippen molar-refractivity contribution in [2.75, 3.05) is 0 Å². The third-order valence-electron chi connectivity index (χ3n) is 6.12. The molecule has 33 heavy (non-hydrogen) atoms. The molecule has 3 aromatic rings. The van der Waals surface area contributed by atoms with Gasteiger partial charge in [0.1, 0.15) is 0 Å². The summed E-state index contributed by atoms with van der Waals surface area (Å²) in [5, 5.41) is 0. The molecule has 0 saturated carbocycles. The molecular formula is C29H29Cl3Ti. The van der Waals surface area contributed by atoms with Crippen molar-refractivity contribution in [3.05, 3.63) is 131 Å². The SMILES string of the molecule is CCCCC(C1=C(Cc2ccccc2)[C-]=CC1)(c1ccccc1)c1ccccc1.[Cl-].[Cl-].[Cl-].[Ti+4]. The Morgan fingerprint density at radius 3 is 1.70 bits per heavy atom. The van der Waals surface area contributed by atoms with Crippen molar-refractivity contribution in [1.29, 1.82) is 0 Å². The van der Waals surface area contributed by atoms with Gasteiger partial charge in [-0.25, -0.2) is 5.57 Å². The molecule has 0 radical (unpaired) electrons. The summed E-state index contributed by atoms with van der Waals surface area (Å²) in [5.74, 6) is 0. The molecule has 0 spiro atoms. The maximum Gasteiger partial charge on any atom is 4.00 e. The number of halogens is 3. The molecule has 0 fully saturated rings. The standard InChI is InChI=1S/C29H29.3ClH.Ti/c1-2-3-22-29(26-17-9-5-10-18-26,27-19-11-6-12-20-27)28-21-13-16-25(28)23-24-14-7-4-8-15-24;;;;/h4-15,17-20H,2-3,21-23H2,1H3;3*1H;/q-1;;;;+4/p-3. The summed E-state index contributed by atoms with van der Waals surface area (Å²) in [7, 11) is 0. The van der Waals surface area contributed by atoms with Gasteiger partial charge >= 0.3 is 21.7 Å². The fourth-order valence-electron chi connectivity index (χ4n) is 4.72. The summed E-state index contributed by atoms with van der Waals surface area (Å²) in [6.45, 7) is 2.29. The van der Waals surface area contributed by atoms with Crippen LogP contribution in [-0.2, 0) is 33.6 Å². The van der Waals surface area contributed by atoms with Crippen LogP contribution in [0.5, 0.6) is 0 Å². The summed E-state index contributed by atoms with van der Waals surface area (Å²) in [6.07, 6.45) is 11.3. The molecule has 0 bridgehead atoms. The number of hydrogen-bond acceptors (Lipinski definition) is 0. The summed E-state index contributed by atoms with van der Waals surface area (Å²) in [6, 6.07) is 33.0. The minimum absolute atomic E-state index is 0. The Kier molecular flexibility index (Phi) is 15.0. The third-order valence-corrected chi connectivity index (χ3v) is 6.12. The van der Waals surface area contributed by atoms with Crippen LogP contribution in [0.1, 0.15) is 49.3 Å². The van der Waals surface area contributed by atoms with E-state index in [4.69, 9.17) is 0 Å². The van der Waals surface area contributed by atoms with Gasteiger partial charge < -0.3 is 37.2 Å². The van der Waals surface area contributed by atoms with Crippen molar-refractivity contribution in [3.8, 4) is 0 Å². The molecule has 4 rings (SSSR count). The Hall–Kier alpha value is -1.28. The third kappa shape index (κ3) is 7.11. The van der Waals surface area contributed by atoms with E-state index in [0.29, 0.717) is 0 Å². The molecule has 0 aromatic heterocycles. The maximum absolute atomic E-state index is 3.63. The van der Waals surface area contributed by atoms with Crippen molar-refractivity contribution >= 4 is 0 Å². The Labute approximate surface area is 233 Å². The average Bonchev–Trinajstić information content (AvgIpc) is 3.25. The first-order valence-corrected chi connectivity index (χ1v) is 10.8. The van der Waals surface area contributed by atoms with E-state index in [1.807, 2.05) is 0 Å². The fourth-order valence-corrected chi connectivity index (χ4v) is 4.72. The Balaban J connectivity index is 0.00000256. The second-order valence-electron chi connectivity index (χ2n) is 7.91. The van der Waals surface area contributed by atoms with E-state index in [0.717, 1.165) is 19.3 Å². The molecule has 170 valence electrons. The topological polar surface area (TPSA) is 0 Å². The smallest absolute Gasteiger partial charge is 1.00 e. The predicted molar refractivity (Wildman–Crippen MR) is 123 cm³/mol. The van der Waals surface area contributed by atoms with Crippen LogP contribution >= 0.6 is 0 Å². The van der Waals surface area contributed by atoms with Crippen LogP contribution in [-0.4, -0.2) is 0 Å². The van der Waals surface area contributed by atoms with Crippen molar-refractivity contribution in [2.45, 2.75) is 44.4 Å². The zero-order chi connectivity index (χ0) is 19.9. The van der Waals surface area contributed by atoms with Crippen LogP contribution in [0.2, 0.25) is 0 Å². The molecule has 3 aromatic carbocycles. The molecule has 0 heterocycles. The van der Waals surface area contributed by atoms with E-state index in [2.05, 4.69) is 110 Å². The molecule has 0 unspecified atom stereocenters. The average molecular weight is 532 g/mol.